The summed E-state index contributed by atoms with van der Waals surface area (Å²) in [7, 11) is 0. The van der Waals surface area contributed by atoms with Gasteiger partial charge in [0.05, 0.1) is 19.0 Å². The number of hydrogen-bond acceptors (Lipinski definition) is 2. The Kier molecular flexibility index (Phi) is 3.67. The van der Waals surface area contributed by atoms with E-state index in [0.29, 0.717) is 6.54 Å². The molecule has 1 aromatic heterocycles. The summed E-state index contributed by atoms with van der Waals surface area (Å²) in [6.07, 6.45) is 7.95. The second kappa shape index (κ2) is 5.41. The van der Waals surface area contributed by atoms with Crippen molar-refractivity contribution < 1.29 is 9.50 Å². The maximum atomic E-state index is 12.7. The van der Waals surface area contributed by atoms with Crippen molar-refractivity contribution >= 4 is 6.08 Å². The summed E-state index contributed by atoms with van der Waals surface area (Å²) < 4.78 is 14.4. The van der Waals surface area contributed by atoms with Gasteiger partial charge in [-0.15, -0.1) is 0 Å². The SMILES string of the molecule is OC(C=Cc1ccc(F)cc1)Cn1ccnc1. The number of aliphatic hydroxyl groups is 1. The lowest BCUT2D eigenvalue weighted by molar-refractivity contribution is 0.202. The fraction of sp³-hybridized carbons (Fsp3) is 0.154. The molecule has 0 aliphatic rings. The summed E-state index contributed by atoms with van der Waals surface area (Å²) in [4.78, 5) is 3.89. The van der Waals surface area contributed by atoms with Crippen molar-refractivity contribution in [2.24, 2.45) is 0 Å². The van der Waals surface area contributed by atoms with Crippen LogP contribution in [-0.2, 0) is 6.54 Å². The fourth-order valence-electron chi connectivity index (χ4n) is 1.47. The normalized spacial score (nSPS) is 13.1. The molecule has 0 aliphatic carbocycles. The van der Waals surface area contributed by atoms with Gasteiger partial charge in [0.2, 0.25) is 0 Å². The standard InChI is InChI=1S/C13H13FN2O/c14-12-4-1-11(2-5-12)3-6-13(17)9-16-8-7-15-10-16/h1-8,10,13,17H,9H2. The highest BCUT2D eigenvalue weighted by Gasteiger charge is 1.99. The molecule has 0 fully saturated rings. The number of benzene rings is 1. The number of nitrogens with zero attached hydrogens (tertiary/aromatic N) is 2. The Balaban J connectivity index is 1.93. The fourth-order valence-corrected chi connectivity index (χ4v) is 1.47. The smallest absolute Gasteiger partial charge is 0.123 e. The maximum Gasteiger partial charge on any atom is 0.123 e. The van der Waals surface area contributed by atoms with Crippen molar-refractivity contribution in [1.82, 2.24) is 9.55 Å². The molecule has 1 unspecified atom stereocenters. The molecule has 0 aliphatic heterocycles. The number of halogens is 1. The van der Waals surface area contributed by atoms with Gasteiger partial charge in [0.25, 0.3) is 0 Å². The van der Waals surface area contributed by atoms with Crippen LogP contribution in [0.3, 0.4) is 0 Å². The third kappa shape index (κ3) is 3.53. The Hall–Kier alpha value is -1.94. The second-order valence-corrected chi connectivity index (χ2v) is 3.74. The predicted molar refractivity (Wildman–Crippen MR) is 63.7 cm³/mol. The van der Waals surface area contributed by atoms with Gasteiger partial charge in [-0.1, -0.05) is 24.3 Å². The minimum atomic E-state index is -0.589. The van der Waals surface area contributed by atoms with Gasteiger partial charge < -0.3 is 9.67 Å². The molecule has 88 valence electrons. The zero-order valence-corrected chi connectivity index (χ0v) is 9.20. The molecular formula is C13H13FN2O. The van der Waals surface area contributed by atoms with E-state index in [1.54, 1.807) is 47.6 Å². The van der Waals surface area contributed by atoms with Crippen LogP contribution in [0.5, 0.6) is 0 Å². The number of rotatable bonds is 4. The molecule has 0 saturated heterocycles. The molecule has 17 heavy (non-hydrogen) atoms. The maximum absolute atomic E-state index is 12.7. The van der Waals surface area contributed by atoms with Gasteiger partial charge in [-0.2, -0.15) is 0 Å². The summed E-state index contributed by atoms with van der Waals surface area (Å²) in [5, 5.41) is 9.73. The Labute approximate surface area is 98.9 Å². The highest BCUT2D eigenvalue weighted by Crippen LogP contribution is 2.06. The minimum absolute atomic E-state index is 0.263. The zero-order valence-electron chi connectivity index (χ0n) is 9.20. The molecular weight excluding hydrogens is 219 g/mol. The first-order valence-corrected chi connectivity index (χ1v) is 5.31. The Bertz CT molecular complexity index is 477. The molecule has 0 radical (unpaired) electrons. The molecule has 0 saturated carbocycles. The lowest BCUT2D eigenvalue weighted by Gasteiger charge is -2.05. The average Bonchev–Trinajstić information content (AvgIpc) is 2.81. The van der Waals surface area contributed by atoms with E-state index in [4.69, 9.17) is 0 Å². The molecule has 0 bridgehead atoms. The Morgan fingerprint density at radius 3 is 2.76 bits per heavy atom. The van der Waals surface area contributed by atoms with Crippen molar-refractivity contribution in [3.63, 3.8) is 0 Å². The van der Waals surface area contributed by atoms with Crippen molar-refractivity contribution in [2.75, 3.05) is 0 Å². The van der Waals surface area contributed by atoms with E-state index in [9.17, 15) is 9.50 Å². The molecule has 0 amide bonds. The second-order valence-electron chi connectivity index (χ2n) is 3.74. The molecule has 2 rings (SSSR count). The van der Waals surface area contributed by atoms with Crippen molar-refractivity contribution in [2.45, 2.75) is 12.6 Å². The minimum Gasteiger partial charge on any atom is -0.387 e. The zero-order chi connectivity index (χ0) is 12.1. The summed E-state index contributed by atoms with van der Waals surface area (Å²) >= 11 is 0. The molecule has 1 heterocycles. The van der Waals surface area contributed by atoms with Crippen molar-refractivity contribution in [3.8, 4) is 0 Å². The molecule has 1 aromatic carbocycles. The first kappa shape index (κ1) is 11.5. The summed E-state index contributed by atoms with van der Waals surface area (Å²) in [5.74, 6) is -0.263. The number of aliphatic hydroxyl groups excluding tert-OH is 1. The van der Waals surface area contributed by atoms with Gasteiger partial charge in [0.1, 0.15) is 5.82 Å². The number of hydrogen-bond donors (Lipinski definition) is 1. The molecule has 1 N–H and O–H groups in total. The highest BCUT2D eigenvalue weighted by molar-refractivity contribution is 5.49. The first-order chi connectivity index (χ1) is 8.24. The lowest BCUT2D eigenvalue weighted by atomic mass is 10.2. The van der Waals surface area contributed by atoms with Crippen LogP contribution in [0.25, 0.3) is 6.08 Å². The van der Waals surface area contributed by atoms with Gasteiger partial charge in [-0.05, 0) is 17.7 Å². The van der Waals surface area contributed by atoms with Crippen molar-refractivity contribution in [1.29, 1.82) is 0 Å². The van der Waals surface area contributed by atoms with Gasteiger partial charge in [-0.3, -0.25) is 0 Å². The summed E-state index contributed by atoms with van der Waals surface area (Å²) in [6, 6.07) is 6.11. The van der Waals surface area contributed by atoms with Gasteiger partial charge >= 0.3 is 0 Å². The summed E-state index contributed by atoms with van der Waals surface area (Å²) in [6.45, 7) is 0.456. The summed E-state index contributed by atoms with van der Waals surface area (Å²) in [5.41, 5.74) is 0.857. The Morgan fingerprint density at radius 1 is 1.35 bits per heavy atom. The monoisotopic (exact) mass is 232 g/mol. The quantitative estimate of drug-likeness (QED) is 0.876. The third-order valence-electron chi connectivity index (χ3n) is 2.34. The largest absolute Gasteiger partial charge is 0.387 e. The van der Waals surface area contributed by atoms with Crippen LogP contribution in [0.1, 0.15) is 5.56 Å². The van der Waals surface area contributed by atoms with E-state index in [1.807, 2.05) is 0 Å². The Morgan fingerprint density at radius 2 is 2.12 bits per heavy atom. The van der Waals surface area contributed by atoms with Crippen molar-refractivity contribution in [3.05, 3.63) is 60.4 Å². The van der Waals surface area contributed by atoms with E-state index in [1.165, 1.54) is 12.1 Å². The van der Waals surface area contributed by atoms with E-state index in [0.717, 1.165) is 5.56 Å². The molecule has 4 heteroatoms. The first-order valence-electron chi connectivity index (χ1n) is 5.31. The molecule has 3 nitrogen and oxygen atoms in total. The van der Waals surface area contributed by atoms with Gasteiger partial charge in [0, 0.05) is 12.4 Å². The highest BCUT2D eigenvalue weighted by atomic mass is 19.1. The van der Waals surface area contributed by atoms with E-state index in [-0.39, 0.29) is 5.82 Å². The van der Waals surface area contributed by atoms with Crippen LogP contribution < -0.4 is 0 Å². The number of imidazole rings is 1. The molecule has 1 atom stereocenters. The predicted octanol–water partition coefficient (Wildman–Crippen LogP) is 2.10. The van der Waals surface area contributed by atoms with E-state index >= 15 is 0 Å². The van der Waals surface area contributed by atoms with Crippen LogP contribution in [0.15, 0.2) is 49.1 Å². The van der Waals surface area contributed by atoms with E-state index < -0.39 is 6.10 Å². The van der Waals surface area contributed by atoms with Gasteiger partial charge in [-0.25, -0.2) is 9.37 Å². The van der Waals surface area contributed by atoms with Crippen LogP contribution in [-0.4, -0.2) is 20.8 Å². The average molecular weight is 232 g/mol. The molecule has 2 aromatic rings. The van der Waals surface area contributed by atoms with Crippen LogP contribution in [0, 0.1) is 5.82 Å². The van der Waals surface area contributed by atoms with E-state index in [2.05, 4.69) is 4.98 Å². The lowest BCUT2D eigenvalue weighted by Crippen LogP contribution is -2.11. The van der Waals surface area contributed by atoms with Gasteiger partial charge in [0.15, 0.2) is 0 Å². The number of aromatic nitrogens is 2. The third-order valence-corrected chi connectivity index (χ3v) is 2.34. The topological polar surface area (TPSA) is 38.0 Å². The van der Waals surface area contributed by atoms with Crippen LogP contribution in [0.4, 0.5) is 4.39 Å². The molecule has 0 spiro atoms. The van der Waals surface area contributed by atoms with Crippen LogP contribution in [0.2, 0.25) is 0 Å². The van der Waals surface area contributed by atoms with Crippen LogP contribution >= 0.6 is 0 Å².